The van der Waals surface area contributed by atoms with Gasteiger partial charge in [-0.25, -0.2) is 0 Å². The van der Waals surface area contributed by atoms with Crippen LogP contribution in [0.3, 0.4) is 0 Å². The maximum absolute atomic E-state index is 13.0. The van der Waals surface area contributed by atoms with Gasteiger partial charge in [-0.05, 0) is 66.8 Å². The number of allylic oxidation sites excluding steroid dienone is 3. The van der Waals surface area contributed by atoms with Crippen molar-refractivity contribution in [1.29, 1.82) is 0 Å². The normalized spacial score (nSPS) is 18.0. The summed E-state index contributed by atoms with van der Waals surface area (Å²) >= 11 is 0. The summed E-state index contributed by atoms with van der Waals surface area (Å²) in [6, 6.07) is 22.0. The quantitative estimate of drug-likeness (QED) is 0.290. The fraction of sp³-hybridized carbons (Fsp3) is 0.281. The van der Waals surface area contributed by atoms with Gasteiger partial charge in [-0.1, -0.05) is 48.6 Å². The van der Waals surface area contributed by atoms with Crippen molar-refractivity contribution in [3.05, 3.63) is 113 Å². The van der Waals surface area contributed by atoms with Crippen molar-refractivity contribution < 1.29 is 14.3 Å². The van der Waals surface area contributed by atoms with E-state index in [9.17, 15) is 4.79 Å². The molecule has 0 spiro atoms. The Morgan fingerprint density at radius 1 is 0.974 bits per heavy atom. The number of rotatable bonds is 11. The summed E-state index contributed by atoms with van der Waals surface area (Å²) in [5, 5.41) is 6.70. The molecule has 3 aromatic carbocycles. The third-order valence-electron chi connectivity index (χ3n) is 7.20. The second-order valence-electron chi connectivity index (χ2n) is 9.92. The lowest BCUT2D eigenvalue weighted by molar-refractivity contribution is 0.0963. The van der Waals surface area contributed by atoms with Crippen molar-refractivity contribution in [2.45, 2.75) is 25.3 Å². The second-order valence-corrected chi connectivity index (χ2v) is 9.92. The van der Waals surface area contributed by atoms with E-state index in [4.69, 9.17) is 20.9 Å². The Labute approximate surface area is 229 Å². The molecular formula is C32H36N4O3. The average molecular weight is 525 g/mol. The molecule has 0 saturated heterocycles. The van der Waals surface area contributed by atoms with Crippen molar-refractivity contribution in [2.75, 3.05) is 31.6 Å². The Morgan fingerprint density at radius 2 is 1.69 bits per heavy atom. The molecule has 5 rings (SSSR count). The zero-order chi connectivity index (χ0) is 27.2. The fourth-order valence-electron chi connectivity index (χ4n) is 5.41. The monoisotopic (exact) mass is 524 g/mol. The molecule has 0 aromatic heterocycles. The van der Waals surface area contributed by atoms with E-state index in [2.05, 4.69) is 54.0 Å². The van der Waals surface area contributed by atoms with Crippen molar-refractivity contribution in [3.63, 3.8) is 0 Å². The molecule has 3 atom stereocenters. The predicted octanol–water partition coefficient (Wildman–Crippen LogP) is 4.67. The minimum Gasteiger partial charge on any atom is -0.492 e. The van der Waals surface area contributed by atoms with Gasteiger partial charge >= 0.3 is 0 Å². The smallest absolute Gasteiger partial charge is 0.259 e. The van der Waals surface area contributed by atoms with E-state index in [1.807, 2.05) is 36.4 Å². The molecule has 2 aliphatic rings. The summed E-state index contributed by atoms with van der Waals surface area (Å²) in [6.45, 7) is 3.86. The molecular weight excluding hydrogens is 488 g/mol. The number of carbonyl (C=O) groups excluding carboxylic acids is 1. The molecule has 0 bridgehead atoms. The Hall–Kier alpha value is -4.07. The largest absolute Gasteiger partial charge is 0.492 e. The maximum Gasteiger partial charge on any atom is 0.259 e. The van der Waals surface area contributed by atoms with Crippen molar-refractivity contribution in [1.82, 2.24) is 5.32 Å². The summed E-state index contributed by atoms with van der Waals surface area (Å²) in [4.78, 5) is 13.0. The van der Waals surface area contributed by atoms with Crippen LogP contribution in [0.2, 0.25) is 0 Å². The molecule has 0 aliphatic heterocycles. The molecule has 2 aliphatic carbocycles. The first-order chi connectivity index (χ1) is 19.1. The summed E-state index contributed by atoms with van der Waals surface area (Å²) in [5.41, 5.74) is 17.3. The van der Waals surface area contributed by atoms with Gasteiger partial charge in [-0.2, -0.15) is 0 Å². The van der Waals surface area contributed by atoms with Crippen LogP contribution in [0.15, 0.2) is 90.7 Å². The lowest BCUT2D eigenvalue weighted by Crippen LogP contribution is -2.25. The van der Waals surface area contributed by atoms with Crippen molar-refractivity contribution in [2.24, 2.45) is 17.4 Å². The highest BCUT2D eigenvalue weighted by Gasteiger charge is 2.32. The number of carbonyl (C=O) groups is 1. The molecule has 3 aromatic rings. The average Bonchev–Trinajstić information content (AvgIpc) is 3.32. The Kier molecular flexibility index (Phi) is 8.30. The summed E-state index contributed by atoms with van der Waals surface area (Å²) in [6.07, 6.45) is 7.29. The van der Waals surface area contributed by atoms with Crippen molar-refractivity contribution in [3.8, 4) is 11.5 Å². The van der Waals surface area contributed by atoms with Crippen LogP contribution < -0.4 is 31.6 Å². The van der Waals surface area contributed by atoms with Crippen LogP contribution in [0, 0.1) is 5.92 Å². The van der Waals surface area contributed by atoms with Crippen LogP contribution in [0.5, 0.6) is 11.5 Å². The number of nitrogens with two attached hydrogens (primary N) is 2. The van der Waals surface area contributed by atoms with Crippen LogP contribution >= 0.6 is 0 Å². The van der Waals surface area contributed by atoms with Crippen LogP contribution in [-0.2, 0) is 6.42 Å². The van der Waals surface area contributed by atoms with Gasteiger partial charge in [0.1, 0.15) is 24.7 Å². The summed E-state index contributed by atoms with van der Waals surface area (Å²) in [7, 11) is 0. The Balaban J connectivity index is 1.26. The number of hydrogen-bond acceptors (Lipinski definition) is 6. The number of benzene rings is 3. The molecule has 1 amide bonds. The molecule has 0 radical (unpaired) electrons. The van der Waals surface area contributed by atoms with Crippen molar-refractivity contribution >= 4 is 11.6 Å². The number of anilines is 1. The fourth-order valence-corrected chi connectivity index (χ4v) is 5.41. The highest BCUT2D eigenvalue weighted by atomic mass is 16.5. The zero-order valence-electron chi connectivity index (χ0n) is 22.2. The molecule has 6 N–H and O–H groups in total. The Morgan fingerprint density at radius 3 is 2.49 bits per heavy atom. The first-order valence-electron chi connectivity index (χ1n) is 13.5. The minimum absolute atomic E-state index is 0.0685. The van der Waals surface area contributed by atoms with Crippen LogP contribution in [0.25, 0.3) is 0 Å². The summed E-state index contributed by atoms with van der Waals surface area (Å²) < 4.78 is 11.5. The molecule has 7 heteroatoms. The van der Waals surface area contributed by atoms with Gasteiger partial charge in [0.2, 0.25) is 0 Å². The number of nitrogens with one attached hydrogen (secondary N) is 2. The first kappa shape index (κ1) is 26.5. The number of amides is 1. The number of para-hydroxylation sites is 2. The maximum atomic E-state index is 13.0. The molecule has 0 saturated carbocycles. The van der Waals surface area contributed by atoms with Gasteiger partial charge in [0.25, 0.3) is 5.91 Å². The second kappa shape index (κ2) is 12.2. The molecule has 39 heavy (non-hydrogen) atoms. The van der Waals surface area contributed by atoms with Gasteiger partial charge in [0.05, 0.1) is 11.6 Å². The SMILES string of the molecule is CC(Nc1ccc2c(c1)CC1C=C(NC(=O)c3ccccc3OCCN)C=CC21)c1ccccc1OCCN. The number of hydrogen-bond donors (Lipinski definition) is 4. The van der Waals surface area contributed by atoms with Gasteiger partial charge in [-0.3, -0.25) is 4.79 Å². The third kappa shape index (κ3) is 6.00. The highest BCUT2D eigenvalue weighted by molar-refractivity contribution is 5.98. The van der Waals surface area contributed by atoms with Gasteiger partial charge in [0.15, 0.2) is 0 Å². The molecule has 7 nitrogen and oxygen atoms in total. The van der Waals surface area contributed by atoms with E-state index in [1.54, 1.807) is 12.1 Å². The molecule has 0 fully saturated rings. The van der Waals surface area contributed by atoms with Gasteiger partial charge in [0, 0.05) is 36.0 Å². The minimum atomic E-state index is -0.191. The highest BCUT2D eigenvalue weighted by Crippen LogP contribution is 2.43. The molecule has 0 heterocycles. The van der Waals surface area contributed by atoms with E-state index in [-0.39, 0.29) is 11.9 Å². The van der Waals surface area contributed by atoms with E-state index in [1.165, 1.54) is 11.1 Å². The number of fused-ring (bicyclic) bond motifs is 3. The van der Waals surface area contributed by atoms with E-state index < -0.39 is 0 Å². The third-order valence-corrected chi connectivity index (χ3v) is 7.20. The number of ether oxygens (including phenoxy) is 2. The Bertz CT molecular complexity index is 1380. The predicted molar refractivity (Wildman–Crippen MR) is 155 cm³/mol. The van der Waals surface area contributed by atoms with Crippen LogP contribution in [0.4, 0.5) is 5.69 Å². The summed E-state index contributed by atoms with van der Waals surface area (Å²) in [5.74, 6) is 1.80. The lowest BCUT2D eigenvalue weighted by atomic mass is 9.88. The molecule has 202 valence electrons. The zero-order valence-corrected chi connectivity index (χ0v) is 22.2. The molecule has 3 unspecified atom stereocenters. The van der Waals surface area contributed by atoms with E-state index >= 15 is 0 Å². The van der Waals surface area contributed by atoms with Crippen LogP contribution in [-0.4, -0.2) is 32.2 Å². The van der Waals surface area contributed by atoms with E-state index in [0.29, 0.717) is 49.5 Å². The van der Waals surface area contributed by atoms with Gasteiger partial charge in [-0.15, -0.1) is 0 Å². The van der Waals surface area contributed by atoms with E-state index in [0.717, 1.165) is 29.1 Å². The van der Waals surface area contributed by atoms with Crippen LogP contribution in [0.1, 0.15) is 45.9 Å². The lowest BCUT2D eigenvalue weighted by Gasteiger charge is -2.21. The standard InChI is InChI=1S/C32H36N4O3/c1-21(26-6-2-4-8-30(26)38-16-14-33)35-24-10-12-27-22(19-24)18-23-20-25(11-13-28(23)27)36-32(37)29-7-3-5-9-31(29)39-17-15-34/h2-13,19-21,23,28,35H,14-18,33-34H2,1H3,(H,36,37). The van der Waals surface area contributed by atoms with Gasteiger partial charge < -0.3 is 31.6 Å². The topological polar surface area (TPSA) is 112 Å². The first-order valence-corrected chi connectivity index (χ1v) is 13.5.